The topological polar surface area (TPSA) is 62.7 Å². The summed E-state index contributed by atoms with van der Waals surface area (Å²) in [4.78, 5) is 16.3. The number of aliphatic hydroxyl groups is 1. The maximum absolute atomic E-state index is 10.6. The summed E-state index contributed by atoms with van der Waals surface area (Å²) < 4.78 is 4.99. The Labute approximate surface area is 115 Å². The Morgan fingerprint density at radius 1 is 1.47 bits per heavy atom. The first kappa shape index (κ1) is 17.4. The third kappa shape index (κ3) is 5.70. The second-order valence-corrected chi connectivity index (χ2v) is 4.00. The molecule has 1 aliphatic heterocycles. The van der Waals surface area contributed by atoms with Crippen LogP contribution in [0.15, 0.2) is 12.3 Å². The summed E-state index contributed by atoms with van der Waals surface area (Å²) in [7, 11) is 1.58. The molecular formula is C14H24N2O3. The van der Waals surface area contributed by atoms with Gasteiger partial charge in [0.15, 0.2) is 0 Å². The molecule has 0 aliphatic carbocycles. The van der Waals surface area contributed by atoms with Crippen LogP contribution in [0.5, 0.6) is 5.88 Å². The van der Waals surface area contributed by atoms with E-state index in [-0.39, 0.29) is 6.10 Å². The van der Waals surface area contributed by atoms with Crippen LogP contribution in [0.3, 0.4) is 0 Å². The van der Waals surface area contributed by atoms with Crippen molar-refractivity contribution in [3.8, 4) is 5.88 Å². The van der Waals surface area contributed by atoms with Crippen molar-refractivity contribution >= 4 is 12.1 Å². The van der Waals surface area contributed by atoms with Gasteiger partial charge in [0.1, 0.15) is 0 Å². The van der Waals surface area contributed by atoms with Gasteiger partial charge in [-0.1, -0.05) is 13.8 Å². The van der Waals surface area contributed by atoms with Gasteiger partial charge < -0.3 is 14.7 Å². The van der Waals surface area contributed by atoms with Crippen molar-refractivity contribution < 1.29 is 14.6 Å². The van der Waals surface area contributed by atoms with Crippen molar-refractivity contribution in [3.63, 3.8) is 0 Å². The van der Waals surface area contributed by atoms with E-state index in [1.54, 1.807) is 32.1 Å². The Morgan fingerprint density at radius 3 is 2.53 bits per heavy atom. The Morgan fingerprint density at radius 2 is 2.05 bits per heavy atom. The van der Waals surface area contributed by atoms with Crippen molar-refractivity contribution in [2.45, 2.75) is 40.2 Å². The normalized spacial score (nSPS) is 11.8. The zero-order chi connectivity index (χ0) is 14.8. The van der Waals surface area contributed by atoms with Gasteiger partial charge in [0.2, 0.25) is 12.3 Å². The number of aromatic nitrogens is 1. The highest BCUT2D eigenvalue weighted by molar-refractivity contribution is 5.79. The number of rotatable bonds is 2. The zero-order valence-corrected chi connectivity index (χ0v) is 12.4. The number of fused-ring (bicyclic) bond motifs is 1. The van der Waals surface area contributed by atoms with Gasteiger partial charge in [0.05, 0.1) is 19.0 Å². The molecule has 5 nitrogen and oxygen atoms in total. The highest BCUT2D eigenvalue weighted by Crippen LogP contribution is 2.27. The molecule has 0 fully saturated rings. The second-order valence-electron chi connectivity index (χ2n) is 4.00. The van der Waals surface area contributed by atoms with E-state index in [0.717, 1.165) is 30.6 Å². The lowest BCUT2D eigenvalue weighted by atomic mass is 10.2. The Bertz CT molecular complexity index is 378. The summed E-state index contributed by atoms with van der Waals surface area (Å²) >= 11 is 0. The SMILES string of the molecule is CC.CC(C)O.COc1cc2c(cn1)N(C=O)CC2. The predicted octanol–water partition coefficient (Wildman–Crippen LogP) is 2.02. The minimum atomic E-state index is -0.167. The Hall–Kier alpha value is -1.62. The molecule has 19 heavy (non-hydrogen) atoms. The second kappa shape index (κ2) is 9.33. The first-order valence-corrected chi connectivity index (χ1v) is 6.51. The van der Waals surface area contributed by atoms with E-state index in [0.29, 0.717) is 5.88 Å². The molecular weight excluding hydrogens is 244 g/mol. The van der Waals surface area contributed by atoms with Crippen LogP contribution < -0.4 is 9.64 Å². The fourth-order valence-electron chi connectivity index (χ4n) is 1.51. The van der Waals surface area contributed by atoms with E-state index in [2.05, 4.69) is 4.98 Å². The summed E-state index contributed by atoms with van der Waals surface area (Å²) in [5.41, 5.74) is 2.02. The van der Waals surface area contributed by atoms with Crippen molar-refractivity contribution in [2.24, 2.45) is 0 Å². The minimum absolute atomic E-state index is 0.167. The van der Waals surface area contributed by atoms with Crippen LogP contribution in [0.4, 0.5) is 5.69 Å². The van der Waals surface area contributed by atoms with Gasteiger partial charge in [-0.25, -0.2) is 4.98 Å². The van der Waals surface area contributed by atoms with Gasteiger partial charge in [-0.3, -0.25) is 4.79 Å². The first-order chi connectivity index (χ1) is 9.08. The molecule has 108 valence electrons. The lowest BCUT2D eigenvalue weighted by Crippen LogP contribution is -2.17. The van der Waals surface area contributed by atoms with Crippen LogP contribution in [0, 0.1) is 0 Å². The van der Waals surface area contributed by atoms with Gasteiger partial charge in [0.25, 0.3) is 0 Å². The standard InChI is InChI=1S/C9H10N2O2.C3H8O.C2H6/c1-13-9-4-7-2-3-11(6-12)8(7)5-10-9;1-3(2)4;1-2/h4-6H,2-3H2,1H3;3-4H,1-2H3;1-2H3. The maximum atomic E-state index is 10.6. The summed E-state index contributed by atoms with van der Waals surface area (Å²) in [5, 5.41) is 8.06. The van der Waals surface area contributed by atoms with E-state index in [1.165, 1.54) is 0 Å². The molecule has 1 aliphatic rings. The lowest BCUT2D eigenvalue weighted by molar-refractivity contribution is -0.107. The molecule has 1 aromatic rings. The quantitative estimate of drug-likeness (QED) is 0.834. The molecule has 0 bridgehead atoms. The van der Waals surface area contributed by atoms with Crippen LogP contribution >= 0.6 is 0 Å². The number of anilines is 1. The van der Waals surface area contributed by atoms with E-state index in [1.807, 2.05) is 19.9 Å². The van der Waals surface area contributed by atoms with Crippen LogP contribution in [0.25, 0.3) is 0 Å². The fourth-order valence-corrected chi connectivity index (χ4v) is 1.51. The smallest absolute Gasteiger partial charge is 0.214 e. The fraction of sp³-hybridized carbons (Fsp3) is 0.571. The zero-order valence-electron chi connectivity index (χ0n) is 12.4. The average Bonchev–Trinajstić information content (AvgIpc) is 2.82. The molecule has 0 unspecified atom stereocenters. The Kier molecular flexibility index (Phi) is 8.53. The maximum Gasteiger partial charge on any atom is 0.214 e. The number of amides is 1. The molecule has 1 N–H and O–H groups in total. The number of carbonyl (C=O) groups is 1. The van der Waals surface area contributed by atoms with E-state index in [9.17, 15) is 4.79 Å². The molecule has 2 heterocycles. The van der Waals surface area contributed by atoms with E-state index < -0.39 is 0 Å². The van der Waals surface area contributed by atoms with Gasteiger partial charge in [-0.15, -0.1) is 0 Å². The number of carbonyl (C=O) groups excluding carboxylic acids is 1. The third-order valence-corrected chi connectivity index (χ3v) is 2.21. The van der Waals surface area contributed by atoms with Crippen molar-refractivity contribution in [2.75, 3.05) is 18.6 Å². The molecule has 2 rings (SSSR count). The van der Waals surface area contributed by atoms with Crippen LogP contribution in [0.1, 0.15) is 33.3 Å². The summed E-state index contributed by atoms with van der Waals surface area (Å²) in [5.74, 6) is 0.603. The van der Waals surface area contributed by atoms with E-state index in [4.69, 9.17) is 9.84 Å². The summed E-state index contributed by atoms with van der Waals surface area (Å²) in [6, 6.07) is 1.87. The molecule has 1 aromatic heterocycles. The minimum Gasteiger partial charge on any atom is -0.481 e. The van der Waals surface area contributed by atoms with Crippen LogP contribution in [0.2, 0.25) is 0 Å². The number of nitrogens with zero attached hydrogens (tertiary/aromatic N) is 2. The molecule has 0 spiro atoms. The highest BCUT2D eigenvalue weighted by Gasteiger charge is 2.19. The van der Waals surface area contributed by atoms with Crippen LogP contribution in [-0.2, 0) is 11.2 Å². The summed E-state index contributed by atoms with van der Waals surface area (Å²) in [6.45, 7) is 8.19. The molecule has 0 radical (unpaired) electrons. The number of hydrogen-bond acceptors (Lipinski definition) is 4. The third-order valence-electron chi connectivity index (χ3n) is 2.21. The van der Waals surface area contributed by atoms with Gasteiger partial charge in [-0.2, -0.15) is 0 Å². The van der Waals surface area contributed by atoms with Gasteiger partial charge >= 0.3 is 0 Å². The molecule has 0 aromatic carbocycles. The lowest BCUT2D eigenvalue weighted by Gasteiger charge is -2.09. The predicted molar refractivity (Wildman–Crippen MR) is 76.6 cm³/mol. The molecule has 1 amide bonds. The number of hydrogen-bond donors (Lipinski definition) is 1. The van der Waals surface area contributed by atoms with Crippen LogP contribution in [-0.4, -0.2) is 36.3 Å². The number of aliphatic hydroxyl groups excluding tert-OH is 1. The Balaban J connectivity index is 0.000000467. The highest BCUT2D eigenvalue weighted by atomic mass is 16.5. The van der Waals surface area contributed by atoms with Crippen molar-refractivity contribution in [1.82, 2.24) is 4.98 Å². The first-order valence-electron chi connectivity index (χ1n) is 6.51. The van der Waals surface area contributed by atoms with Crippen molar-refractivity contribution in [1.29, 1.82) is 0 Å². The molecule has 5 heteroatoms. The van der Waals surface area contributed by atoms with Crippen molar-refractivity contribution in [3.05, 3.63) is 17.8 Å². The average molecular weight is 268 g/mol. The van der Waals surface area contributed by atoms with E-state index >= 15 is 0 Å². The number of pyridine rings is 1. The monoisotopic (exact) mass is 268 g/mol. The number of ether oxygens (including phenoxy) is 1. The van der Waals surface area contributed by atoms with Gasteiger partial charge in [-0.05, 0) is 25.8 Å². The molecule has 0 saturated heterocycles. The molecule has 0 atom stereocenters. The molecule has 0 saturated carbocycles. The van der Waals surface area contributed by atoms with Gasteiger partial charge in [0, 0.05) is 18.7 Å². The number of methoxy groups -OCH3 is 1. The summed E-state index contributed by atoms with van der Waals surface area (Å²) in [6.07, 6.45) is 3.22. The largest absolute Gasteiger partial charge is 0.481 e.